The Morgan fingerprint density at radius 1 is 1.24 bits per heavy atom. The molecule has 25 heavy (non-hydrogen) atoms. The average Bonchev–Trinajstić information content (AvgIpc) is 3.11. The Morgan fingerprint density at radius 2 is 2.04 bits per heavy atom. The van der Waals surface area contributed by atoms with Crippen molar-refractivity contribution in [3.8, 4) is 17.5 Å². The highest BCUT2D eigenvalue weighted by Gasteiger charge is 2.10. The number of benzene rings is 2. The van der Waals surface area contributed by atoms with Gasteiger partial charge in [-0.15, -0.1) is 0 Å². The highest BCUT2D eigenvalue weighted by atomic mass is 35.5. The van der Waals surface area contributed by atoms with Gasteiger partial charge in [0, 0.05) is 29.1 Å². The van der Waals surface area contributed by atoms with E-state index in [9.17, 15) is 4.79 Å². The fourth-order valence-electron chi connectivity index (χ4n) is 2.19. The molecule has 0 spiro atoms. The summed E-state index contributed by atoms with van der Waals surface area (Å²) in [6.07, 6.45) is 0.407. The van der Waals surface area contributed by atoms with E-state index in [2.05, 4.69) is 15.5 Å². The maximum atomic E-state index is 12.1. The molecule has 1 aromatic heterocycles. The number of aromatic nitrogens is 2. The van der Waals surface area contributed by atoms with Gasteiger partial charge in [0.25, 0.3) is 5.91 Å². The molecule has 0 aliphatic heterocycles. The van der Waals surface area contributed by atoms with Gasteiger partial charge in [-0.1, -0.05) is 22.8 Å². The summed E-state index contributed by atoms with van der Waals surface area (Å²) in [6, 6.07) is 15.6. The zero-order valence-corrected chi connectivity index (χ0v) is 13.8. The van der Waals surface area contributed by atoms with Crippen molar-refractivity contribution in [2.45, 2.75) is 6.42 Å². The minimum Gasteiger partial charge on any atom is -0.352 e. The third-order valence-corrected chi connectivity index (χ3v) is 3.70. The van der Waals surface area contributed by atoms with Crippen LogP contribution in [0.4, 0.5) is 0 Å². The topological polar surface area (TPSA) is 91.8 Å². The predicted octanol–water partition coefficient (Wildman–Crippen LogP) is 3.23. The monoisotopic (exact) mass is 352 g/mol. The van der Waals surface area contributed by atoms with Crippen molar-refractivity contribution in [2.24, 2.45) is 0 Å². The van der Waals surface area contributed by atoms with Crippen molar-refractivity contribution < 1.29 is 9.32 Å². The van der Waals surface area contributed by atoms with Crippen LogP contribution in [0.1, 0.15) is 21.8 Å². The predicted molar refractivity (Wildman–Crippen MR) is 91.9 cm³/mol. The maximum Gasteiger partial charge on any atom is 0.251 e. The molecular weight excluding hydrogens is 340 g/mol. The van der Waals surface area contributed by atoms with Crippen LogP contribution in [0.2, 0.25) is 5.02 Å². The molecular formula is C18H13ClN4O2. The lowest BCUT2D eigenvalue weighted by Crippen LogP contribution is -2.25. The van der Waals surface area contributed by atoms with Crippen LogP contribution in [-0.4, -0.2) is 22.6 Å². The molecule has 0 aliphatic rings. The molecule has 0 aliphatic carbocycles. The first-order valence-electron chi connectivity index (χ1n) is 7.52. The number of carbonyl (C=O) groups is 1. The lowest BCUT2D eigenvalue weighted by molar-refractivity contribution is 0.0953. The van der Waals surface area contributed by atoms with E-state index in [1.54, 1.807) is 48.5 Å². The zero-order valence-electron chi connectivity index (χ0n) is 13.1. The summed E-state index contributed by atoms with van der Waals surface area (Å²) in [5.41, 5.74) is 1.68. The average molecular weight is 353 g/mol. The number of nitriles is 1. The van der Waals surface area contributed by atoms with E-state index in [-0.39, 0.29) is 5.91 Å². The van der Waals surface area contributed by atoms with Crippen LogP contribution in [0.3, 0.4) is 0 Å². The summed E-state index contributed by atoms with van der Waals surface area (Å²) in [5, 5.41) is 16.2. The number of amides is 1. The molecule has 0 unspecified atom stereocenters. The first kappa shape index (κ1) is 16.7. The van der Waals surface area contributed by atoms with E-state index >= 15 is 0 Å². The summed E-state index contributed by atoms with van der Waals surface area (Å²) >= 11 is 5.85. The third kappa shape index (κ3) is 4.22. The van der Waals surface area contributed by atoms with Crippen LogP contribution in [0.25, 0.3) is 11.4 Å². The van der Waals surface area contributed by atoms with E-state index in [1.807, 2.05) is 6.07 Å². The third-order valence-electron chi connectivity index (χ3n) is 3.45. The SMILES string of the molecule is N#Cc1cccc(C(=O)NCCc2nc(-c3ccc(Cl)cc3)no2)c1. The van der Waals surface area contributed by atoms with Crippen LogP contribution in [-0.2, 0) is 6.42 Å². The highest BCUT2D eigenvalue weighted by Crippen LogP contribution is 2.18. The van der Waals surface area contributed by atoms with Crippen LogP contribution in [0.5, 0.6) is 0 Å². The molecule has 0 saturated carbocycles. The molecule has 1 amide bonds. The molecule has 0 atom stereocenters. The Bertz CT molecular complexity index is 929. The highest BCUT2D eigenvalue weighted by molar-refractivity contribution is 6.30. The minimum absolute atomic E-state index is 0.255. The fraction of sp³-hybridized carbons (Fsp3) is 0.111. The standard InChI is InChI=1S/C18H13ClN4O2/c19-15-6-4-13(5-7-15)17-22-16(25-23-17)8-9-21-18(24)14-3-1-2-12(10-14)11-20/h1-7,10H,8-9H2,(H,21,24). The molecule has 124 valence electrons. The second kappa shape index (κ2) is 7.60. The number of hydrogen-bond donors (Lipinski definition) is 1. The Labute approximate surface area is 149 Å². The number of hydrogen-bond acceptors (Lipinski definition) is 5. The normalized spacial score (nSPS) is 10.2. The van der Waals surface area contributed by atoms with Gasteiger partial charge in [0.05, 0.1) is 11.6 Å². The molecule has 6 nitrogen and oxygen atoms in total. The summed E-state index contributed by atoms with van der Waals surface area (Å²) in [5.74, 6) is 0.644. The van der Waals surface area contributed by atoms with Gasteiger partial charge < -0.3 is 9.84 Å². The second-order valence-corrected chi connectivity index (χ2v) is 5.65. The van der Waals surface area contributed by atoms with Crippen LogP contribution in [0, 0.1) is 11.3 Å². The fourth-order valence-corrected chi connectivity index (χ4v) is 2.31. The number of halogens is 1. The van der Waals surface area contributed by atoms with Crippen molar-refractivity contribution in [3.05, 3.63) is 70.6 Å². The van der Waals surface area contributed by atoms with Gasteiger partial charge in [0.15, 0.2) is 0 Å². The largest absolute Gasteiger partial charge is 0.352 e. The quantitative estimate of drug-likeness (QED) is 0.761. The first-order chi connectivity index (χ1) is 12.2. The molecule has 2 aromatic carbocycles. The summed E-state index contributed by atoms with van der Waals surface area (Å²) in [7, 11) is 0. The molecule has 1 heterocycles. The number of nitrogens with one attached hydrogen (secondary N) is 1. The van der Waals surface area contributed by atoms with Gasteiger partial charge >= 0.3 is 0 Å². The van der Waals surface area contributed by atoms with Crippen LogP contribution < -0.4 is 5.32 Å². The van der Waals surface area contributed by atoms with E-state index < -0.39 is 0 Å². The molecule has 0 bridgehead atoms. The van der Waals surface area contributed by atoms with E-state index in [4.69, 9.17) is 21.4 Å². The Hall–Kier alpha value is -3.17. The Morgan fingerprint density at radius 3 is 2.80 bits per heavy atom. The van der Waals surface area contributed by atoms with Gasteiger partial charge in [-0.2, -0.15) is 10.2 Å². The van der Waals surface area contributed by atoms with Gasteiger partial charge in [0.1, 0.15) is 0 Å². The van der Waals surface area contributed by atoms with Crippen LogP contribution >= 0.6 is 11.6 Å². The van der Waals surface area contributed by atoms with Crippen molar-refractivity contribution in [1.29, 1.82) is 5.26 Å². The van der Waals surface area contributed by atoms with Gasteiger partial charge in [-0.25, -0.2) is 0 Å². The lowest BCUT2D eigenvalue weighted by Gasteiger charge is -2.03. The van der Waals surface area contributed by atoms with E-state index in [0.717, 1.165) is 5.56 Å². The lowest BCUT2D eigenvalue weighted by atomic mass is 10.1. The molecule has 0 radical (unpaired) electrons. The molecule has 0 saturated heterocycles. The Kier molecular flexibility index (Phi) is 5.07. The molecule has 0 fully saturated rings. The second-order valence-electron chi connectivity index (χ2n) is 5.22. The van der Waals surface area contributed by atoms with Crippen molar-refractivity contribution >= 4 is 17.5 Å². The number of carbonyl (C=O) groups excluding carboxylic acids is 1. The first-order valence-corrected chi connectivity index (χ1v) is 7.90. The molecule has 7 heteroatoms. The summed E-state index contributed by atoms with van der Waals surface area (Å²) in [4.78, 5) is 16.4. The number of nitrogens with zero attached hydrogens (tertiary/aromatic N) is 3. The van der Waals surface area contributed by atoms with Crippen molar-refractivity contribution in [2.75, 3.05) is 6.54 Å². The Balaban J connectivity index is 1.56. The maximum absolute atomic E-state index is 12.1. The van der Waals surface area contributed by atoms with Gasteiger partial charge in [0.2, 0.25) is 11.7 Å². The van der Waals surface area contributed by atoms with Crippen molar-refractivity contribution in [3.63, 3.8) is 0 Å². The molecule has 3 aromatic rings. The summed E-state index contributed by atoms with van der Waals surface area (Å²) < 4.78 is 5.18. The summed E-state index contributed by atoms with van der Waals surface area (Å²) in [6.45, 7) is 0.345. The number of rotatable bonds is 5. The van der Waals surface area contributed by atoms with Crippen LogP contribution in [0.15, 0.2) is 53.1 Å². The van der Waals surface area contributed by atoms with E-state index in [1.165, 1.54) is 0 Å². The molecule has 3 rings (SSSR count). The van der Waals surface area contributed by atoms with Gasteiger partial charge in [-0.3, -0.25) is 4.79 Å². The van der Waals surface area contributed by atoms with Gasteiger partial charge in [-0.05, 0) is 42.5 Å². The smallest absolute Gasteiger partial charge is 0.251 e. The zero-order chi connectivity index (χ0) is 17.6. The van der Waals surface area contributed by atoms with E-state index in [0.29, 0.717) is 40.8 Å². The molecule has 1 N–H and O–H groups in total. The van der Waals surface area contributed by atoms with Crippen molar-refractivity contribution in [1.82, 2.24) is 15.5 Å². The minimum atomic E-state index is -0.255.